The van der Waals surface area contributed by atoms with Gasteiger partial charge < -0.3 is 9.84 Å². The monoisotopic (exact) mass is 289 g/mol. The van der Waals surface area contributed by atoms with E-state index in [1.54, 1.807) is 13.0 Å². The first-order valence-electron chi connectivity index (χ1n) is 5.91. The molecule has 0 aliphatic heterocycles. The third kappa shape index (κ3) is 2.45. The van der Waals surface area contributed by atoms with Crippen molar-refractivity contribution < 1.29 is 9.32 Å². The Kier molecular flexibility index (Phi) is 3.30. The summed E-state index contributed by atoms with van der Waals surface area (Å²) >= 11 is 1.52. The van der Waals surface area contributed by atoms with Gasteiger partial charge in [-0.1, -0.05) is 11.2 Å². The number of hydrogen-bond donors (Lipinski definition) is 2. The van der Waals surface area contributed by atoms with Crippen molar-refractivity contribution in [3.05, 3.63) is 41.4 Å². The van der Waals surface area contributed by atoms with Gasteiger partial charge in [0.2, 0.25) is 0 Å². The minimum Gasteiger partial charge on any atom is -0.355 e. The van der Waals surface area contributed by atoms with Crippen molar-refractivity contribution in [3.63, 3.8) is 0 Å². The number of amides is 1. The smallest absolute Gasteiger partial charge is 0.274 e. The molecule has 1 amide bonds. The van der Waals surface area contributed by atoms with Gasteiger partial charge in [-0.25, -0.2) is 4.98 Å². The predicted octanol–water partition coefficient (Wildman–Crippen LogP) is 2.01. The highest BCUT2D eigenvalue weighted by Gasteiger charge is 2.17. The number of rotatable bonds is 4. The molecule has 0 spiro atoms. The van der Waals surface area contributed by atoms with Crippen molar-refractivity contribution in [2.24, 2.45) is 0 Å². The van der Waals surface area contributed by atoms with Crippen molar-refractivity contribution in [2.45, 2.75) is 13.0 Å². The molecule has 3 heterocycles. The normalized spacial score (nSPS) is 12.2. The molecule has 3 aromatic rings. The van der Waals surface area contributed by atoms with E-state index in [2.05, 4.69) is 25.7 Å². The molecule has 0 fully saturated rings. The third-order valence-electron chi connectivity index (χ3n) is 2.70. The molecule has 8 heteroatoms. The van der Waals surface area contributed by atoms with Crippen molar-refractivity contribution in [2.75, 3.05) is 0 Å². The minimum absolute atomic E-state index is 0.236. The van der Waals surface area contributed by atoms with Crippen LogP contribution in [0.15, 0.2) is 34.4 Å². The number of nitrogens with one attached hydrogen (secondary N) is 2. The Labute approximate surface area is 118 Å². The molecule has 102 valence electrons. The van der Waals surface area contributed by atoms with Gasteiger partial charge in [-0.05, 0) is 18.4 Å². The van der Waals surface area contributed by atoms with Gasteiger partial charge in [0, 0.05) is 6.07 Å². The summed E-state index contributed by atoms with van der Waals surface area (Å²) in [6, 6.07) is 5.15. The van der Waals surface area contributed by atoms with Crippen molar-refractivity contribution in [1.82, 2.24) is 25.7 Å². The largest absolute Gasteiger partial charge is 0.355 e. The van der Waals surface area contributed by atoms with E-state index >= 15 is 0 Å². The maximum Gasteiger partial charge on any atom is 0.274 e. The lowest BCUT2D eigenvalue weighted by atomic mass is 10.2. The van der Waals surface area contributed by atoms with E-state index in [1.807, 2.05) is 17.5 Å². The van der Waals surface area contributed by atoms with Gasteiger partial charge >= 0.3 is 0 Å². The number of aromatic nitrogens is 4. The fraction of sp³-hybridized carbons (Fsp3) is 0.167. The second-order valence-electron chi connectivity index (χ2n) is 4.12. The molecule has 0 aliphatic carbocycles. The lowest BCUT2D eigenvalue weighted by molar-refractivity contribution is 0.0929. The average molecular weight is 289 g/mol. The summed E-state index contributed by atoms with van der Waals surface area (Å²) < 4.78 is 5.17. The summed E-state index contributed by atoms with van der Waals surface area (Å²) in [5.74, 6) is 0.846. The SMILES string of the molecule is CC(NC(=O)c1cc(-c2cccs2)on1)c1ncn[nH]1. The molecule has 7 nitrogen and oxygen atoms in total. The molecule has 1 unspecified atom stereocenters. The highest BCUT2D eigenvalue weighted by molar-refractivity contribution is 7.13. The molecule has 0 aromatic carbocycles. The van der Waals surface area contributed by atoms with Crippen LogP contribution in [0.4, 0.5) is 0 Å². The lowest BCUT2D eigenvalue weighted by Crippen LogP contribution is -2.27. The lowest BCUT2D eigenvalue weighted by Gasteiger charge is -2.08. The van der Waals surface area contributed by atoms with Crippen LogP contribution in [-0.2, 0) is 0 Å². The Hall–Kier alpha value is -2.48. The van der Waals surface area contributed by atoms with Gasteiger partial charge in [0.25, 0.3) is 5.91 Å². The number of carbonyl (C=O) groups excluding carboxylic acids is 1. The summed E-state index contributed by atoms with van der Waals surface area (Å²) in [4.78, 5) is 17.0. The van der Waals surface area contributed by atoms with E-state index in [4.69, 9.17) is 4.52 Å². The minimum atomic E-state index is -0.319. The second kappa shape index (κ2) is 5.25. The molecular weight excluding hydrogens is 278 g/mol. The zero-order chi connectivity index (χ0) is 13.9. The van der Waals surface area contributed by atoms with Crippen LogP contribution in [0.5, 0.6) is 0 Å². The molecule has 0 saturated carbocycles. The molecule has 20 heavy (non-hydrogen) atoms. The standard InChI is InChI=1S/C12H11N5O2S/c1-7(11-13-6-14-16-11)15-12(18)8-5-9(19-17-8)10-3-2-4-20-10/h2-7H,1H3,(H,15,18)(H,13,14,16). The van der Waals surface area contributed by atoms with Gasteiger partial charge in [-0.2, -0.15) is 5.10 Å². The van der Waals surface area contributed by atoms with E-state index in [0.29, 0.717) is 11.6 Å². The molecule has 0 bridgehead atoms. The molecule has 3 rings (SSSR count). The topological polar surface area (TPSA) is 96.7 Å². The van der Waals surface area contributed by atoms with Gasteiger partial charge in [0.1, 0.15) is 12.2 Å². The Balaban J connectivity index is 1.72. The maximum absolute atomic E-state index is 12.0. The Morgan fingerprint density at radius 2 is 2.45 bits per heavy atom. The summed E-state index contributed by atoms with van der Waals surface area (Å²) in [5.41, 5.74) is 0.236. The van der Waals surface area contributed by atoms with Crippen LogP contribution in [0.25, 0.3) is 10.6 Å². The number of aromatic amines is 1. The van der Waals surface area contributed by atoms with Crippen LogP contribution < -0.4 is 5.32 Å². The van der Waals surface area contributed by atoms with E-state index in [1.165, 1.54) is 17.7 Å². The first kappa shape index (κ1) is 12.5. The third-order valence-corrected chi connectivity index (χ3v) is 3.58. The summed E-state index contributed by atoms with van der Waals surface area (Å²) in [7, 11) is 0. The molecule has 2 N–H and O–H groups in total. The highest BCUT2D eigenvalue weighted by Crippen LogP contribution is 2.25. The van der Waals surface area contributed by atoms with E-state index in [0.717, 1.165) is 4.88 Å². The number of carbonyl (C=O) groups is 1. The first-order valence-corrected chi connectivity index (χ1v) is 6.78. The van der Waals surface area contributed by atoms with E-state index in [-0.39, 0.29) is 17.6 Å². The first-order chi connectivity index (χ1) is 9.74. The fourth-order valence-electron chi connectivity index (χ4n) is 1.68. The summed E-state index contributed by atoms with van der Waals surface area (Å²) in [6.07, 6.45) is 1.39. The van der Waals surface area contributed by atoms with Crippen LogP contribution in [0.3, 0.4) is 0 Å². The molecule has 1 atom stereocenters. The van der Waals surface area contributed by atoms with Gasteiger partial charge in [0.15, 0.2) is 11.5 Å². The highest BCUT2D eigenvalue weighted by atomic mass is 32.1. The van der Waals surface area contributed by atoms with Crippen molar-refractivity contribution >= 4 is 17.2 Å². The quantitative estimate of drug-likeness (QED) is 0.765. The van der Waals surface area contributed by atoms with Gasteiger partial charge in [-0.15, -0.1) is 11.3 Å². The number of nitrogens with zero attached hydrogens (tertiary/aromatic N) is 3. The van der Waals surface area contributed by atoms with Crippen LogP contribution >= 0.6 is 11.3 Å². The number of hydrogen-bond acceptors (Lipinski definition) is 6. The average Bonchev–Trinajstić information content (AvgIpc) is 3.19. The molecule has 0 aliphatic rings. The zero-order valence-electron chi connectivity index (χ0n) is 10.5. The fourth-order valence-corrected chi connectivity index (χ4v) is 2.35. The molecule has 0 radical (unpaired) electrons. The van der Waals surface area contributed by atoms with Gasteiger partial charge in [0.05, 0.1) is 10.9 Å². The van der Waals surface area contributed by atoms with Crippen LogP contribution in [0.1, 0.15) is 29.3 Å². The van der Waals surface area contributed by atoms with Crippen LogP contribution in [-0.4, -0.2) is 26.2 Å². The van der Waals surface area contributed by atoms with Gasteiger partial charge in [-0.3, -0.25) is 9.89 Å². The molecule has 0 saturated heterocycles. The summed E-state index contributed by atoms with van der Waals surface area (Å²) in [5, 5.41) is 14.9. The number of H-pyrrole nitrogens is 1. The predicted molar refractivity (Wildman–Crippen MR) is 72.1 cm³/mol. The molecule has 3 aromatic heterocycles. The van der Waals surface area contributed by atoms with Crippen molar-refractivity contribution in [3.8, 4) is 10.6 Å². The Morgan fingerprint density at radius 3 is 3.15 bits per heavy atom. The zero-order valence-corrected chi connectivity index (χ0v) is 11.3. The van der Waals surface area contributed by atoms with Crippen LogP contribution in [0, 0.1) is 0 Å². The molecular formula is C12H11N5O2S. The van der Waals surface area contributed by atoms with Crippen LogP contribution in [0.2, 0.25) is 0 Å². The maximum atomic E-state index is 12.0. The van der Waals surface area contributed by atoms with E-state index in [9.17, 15) is 4.79 Å². The number of thiophene rings is 1. The Bertz CT molecular complexity index is 689. The van der Waals surface area contributed by atoms with E-state index < -0.39 is 0 Å². The second-order valence-corrected chi connectivity index (χ2v) is 5.07. The van der Waals surface area contributed by atoms with Crippen molar-refractivity contribution in [1.29, 1.82) is 0 Å². The Morgan fingerprint density at radius 1 is 1.55 bits per heavy atom. The summed E-state index contributed by atoms with van der Waals surface area (Å²) in [6.45, 7) is 1.80.